The average molecular weight is 188 g/mol. The Hall–Kier alpha value is -0.120. The number of hydrogen-bond donors (Lipinski definition) is 1. The predicted molar refractivity (Wildman–Crippen MR) is 50.6 cm³/mol. The highest BCUT2D eigenvalue weighted by molar-refractivity contribution is 4.78. The van der Waals surface area contributed by atoms with Gasteiger partial charge in [-0.1, -0.05) is 6.92 Å². The highest BCUT2D eigenvalue weighted by Crippen LogP contribution is 2.21. The van der Waals surface area contributed by atoms with Crippen LogP contribution >= 0.6 is 0 Å². The van der Waals surface area contributed by atoms with E-state index in [1.54, 1.807) is 0 Å². The molecule has 1 rings (SSSR count). The number of aliphatic hydroxyl groups is 1. The SMILES string of the molecule is CCOC(CC)C(O)C1CCOC1. The Bertz CT molecular complexity index is 132. The molecule has 1 aliphatic heterocycles. The average Bonchev–Trinajstić information content (AvgIpc) is 2.65. The summed E-state index contributed by atoms with van der Waals surface area (Å²) < 4.78 is 10.7. The Labute approximate surface area is 80.0 Å². The Morgan fingerprint density at radius 3 is 2.77 bits per heavy atom. The standard InChI is InChI=1S/C10H20O3/c1-3-9(13-4-2)10(11)8-5-6-12-7-8/h8-11H,3-7H2,1-2H3. The van der Waals surface area contributed by atoms with Gasteiger partial charge in [-0.25, -0.2) is 0 Å². The Kier molecular flexibility index (Phi) is 4.70. The second kappa shape index (κ2) is 5.58. The molecule has 3 unspecified atom stereocenters. The van der Waals surface area contributed by atoms with Gasteiger partial charge in [0.1, 0.15) is 0 Å². The van der Waals surface area contributed by atoms with Crippen molar-refractivity contribution in [3.63, 3.8) is 0 Å². The van der Waals surface area contributed by atoms with Crippen molar-refractivity contribution in [1.29, 1.82) is 0 Å². The zero-order chi connectivity index (χ0) is 9.68. The molecule has 0 amide bonds. The summed E-state index contributed by atoms with van der Waals surface area (Å²) in [6.07, 6.45) is 1.46. The van der Waals surface area contributed by atoms with Crippen LogP contribution in [0.4, 0.5) is 0 Å². The molecule has 1 heterocycles. The molecule has 78 valence electrons. The van der Waals surface area contributed by atoms with Crippen molar-refractivity contribution in [2.45, 2.75) is 38.9 Å². The molecule has 3 atom stereocenters. The summed E-state index contributed by atoms with van der Waals surface area (Å²) in [5.41, 5.74) is 0. The van der Waals surface area contributed by atoms with Gasteiger partial charge in [-0.3, -0.25) is 0 Å². The van der Waals surface area contributed by atoms with E-state index in [1.165, 1.54) is 0 Å². The molecular formula is C10H20O3. The van der Waals surface area contributed by atoms with E-state index in [4.69, 9.17) is 9.47 Å². The molecule has 0 aromatic carbocycles. The van der Waals surface area contributed by atoms with Crippen LogP contribution in [0, 0.1) is 5.92 Å². The maximum absolute atomic E-state index is 9.93. The van der Waals surface area contributed by atoms with Gasteiger partial charge in [0, 0.05) is 19.1 Å². The zero-order valence-electron chi connectivity index (χ0n) is 8.53. The lowest BCUT2D eigenvalue weighted by Gasteiger charge is -2.25. The first-order valence-electron chi connectivity index (χ1n) is 5.17. The maximum Gasteiger partial charge on any atom is 0.0852 e. The molecule has 0 aromatic rings. The molecular weight excluding hydrogens is 168 g/mol. The summed E-state index contributed by atoms with van der Waals surface area (Å²) in [6.45, 7) is 6.14. The van der Waals surface area contributed by atoms with E-state index in [-0.39, 0.29) is 18.1 Å². The van der Waals surface area contributed by atoms with E-state index < -0.39 is 0 Å². The van der Waals surface area contributed by atoms with E-state index in [1.807, 2.05) is 13.8 Å². The quantitative estimate of drug-likeness (QED) is 0.704. The van der Waals surface area contributed by atoms with Gasteiger partial charge < -0.3 is 14.6 Å². The van der Waals surface area contributed by atoms with Crippen LogP contribution in [0.1, 0.15) is 26.7 Å². The van der Waals surface area contributed by atoms with Crippen molar-refractivity contribution >= 4 is 0 Å². The second-order valence-electron chi connectivity index (χ2n) is 3.52. The lowest BCUT2D eigenvalue weighted by Crippen LogP contribution is -2.35. The van der Waals surface area contributed by atoms with Crippen molar-refractivity contribution in [3.8, 4) is 0 Å². The monoisotopic (exact) mass is 188 g/mol. The molecule has 3 heteroatoms. The summed E-state index contributed by atoms with van der Waals surface area (Å²) in [5, 5.41) is 9.93. The maximum atomic E-state index is 9.93. The van der Waals surface area contributed by atoms with Crippen LogP contribution in [0.15, 0.2) is 0 Å². The minimum Gasteiger partial charge on any atom is -0.390 e. The fourth-order valence-electron chi connectivity index (χ4n) is 1.80. The lowest BCUT2D eigenvalue weighted by molar-refractivity contribution is -0.0603. The van der Waals surface area contributed by atoms with Gasteiger partial charge in [-0.05, 0) is 19.8 Å². The summed E-state index contributed by atoms with van der Waals surface area (Å²) in [4.78, 5) is 0. The number of rotatable bonds is 5. The van der Waals surface area contributed by atoms with Crippen LogP contribution in [-0.2, 0) is 9.47 Å². The third-order valence-electron chi connectivity index (χ3n) is 2.61. The molecule has 3 nitrogen and oxygen atoms in total. The van der Waals surface area contributed by atoms with Crippen molar-refractivity contribution in [2.75, 3.05) is 19.8 Å². The molecule has 0 spiro atoms. The van der Waals surface area contributed by atoms with E-state index in [0.29, 0.717) is 13.2 Å². The molecule has 13 heavy (non-hydrogen) atoms. The number of ether oxygens (including phenoxy) is 2. The molecule has 0 radical (unpaired) electrons. The fraction of sp³-hybridized carbons (Fsp3) is 1.00. The van der Waals surface area contributed by atoms with Gasteiger partial charge >= 0.3 is 0 Å². The third kappa shape index (κ3) is 2.93. The Morgan fingerprint density at radius 2 is 2.31 bits per heavy atom. The molecule has 1 aliphatic rings. The summed E-state index contributed by atoms with van der Waals surface area (Å²) in [7, 11) is 0. The summed E-state index contributed by atoms with van der Waals surface area (Å²) in [6, 6.07) is 0. The minimum absolute atomic E-state index is 0.0169. The molecule has 0 saturated carbocycles. The van der Waals surface area contributed by atoms with Crippen LogP contribution in [-0.4, -0.2) is 37.1 Å². The smallest absolute Gasteiger partial charge is 0.0852 e. The second-order valence-corrected chi connectivity index (χ2v) is 3.52. The van der Waals surface area contributed by atoms with E-state index in [0.717, 1.165) is 19.4 Å². The first-order valence-corrected chi connectivity index (χ1v) is 5.17. The van der Waals surface area contributed by atoms with Crippen molar-refractivity contribution in [3.05, 3.63) is 0 Å². The topological polar surface area (TPSA) is 38.7 Å². The van der Waals surface area contributed by atoms with E-state index in [9.17, 15) is 5.11 Å². The summed E-state index contributed by atoms with van der Waals surface area (Å²) in [5.74, 6) is 0.275. The molecule has 1 saturated heterocycles. The van der Waals surface area contributed by atoms with Crippen molar-refractivity contribution in [1.82, 2.24) is 0 Å². The Morgan fingerprint density at radius 1 is 1.54 bits per heavy atom. The normalized spacial score (nSPS) is 27.5. The van der Waals surface area contributed by atoms with Crippen LogP contribution in [0.3, 0.4) is 0 Å². The van der Waals surface area contributed by atoms with Crippen molar-refractivity contribution < 1.29 is 14.6 Å². The lowest BCUT2D eigenvalue weighted by atomic mass is 9.96. The highest BCUT2D eigenvalue weighted by atomic mass is 16.5. The van der Waals surface area contributed by atoms with Gasteiger partial charge in [0.2, 0.25) is 0 Å². The van der Waals surface area contributed by atoms with E-state index in [2.05, 4.69) is 0 Å². The van der Waals surface area contributed by atoms with Crippen molar-refractivity contribution in [2.24, 2.45) is 5.92 Å². The van der Waals surface area contributed by atoms with Crippen LogP contribution in [0.25, 0.3) is 0 Å². The molecule has 1 fully saturated rings. The molecule has 0 bridgehead atoms. The third-order valence-corrected chi connectivity index (χ3v) is 2.61. The van der Waals surface area contributed by atoms with Crippen LogP contribution in [0.5, 0.6) is 0 Å². The van der Waals surface area contributed by atoms with E-state index >= 15 is 0 Å². The molecule has 0 aliphatic carbocycles. The largest absolute Gasteiger partial charge is 0.390 e. The van der Waals surface area contributed by atoms with Gasteiger partial charge in [0.15, 0.2) is 0 Å². The van der Waals surface area contributed by atoms with Crippen LogP contribution in [0.2, 0.25) is 0 Å². The minimum atomic E-state index is -0.354. The van der Waals surface area contributed by atoms with Gasteiger partial charge in [-0.15, -0.1) is 0 Å². The number of aliphatic hydroxyl groups excluding tert-OH is 1. The zero-order valence-corrected chi connectivity index (χ0v) is 8.53. The predicted octanol–water partition coefficient (Wildman–Crippen LogP) is 1.20. The summed E-state index contributed by atoms with van der Waals surface area (Å²) >= 11 is 0. The molecule has 0 aromatic heterocycles. The molecule has 1 N–H and O–H groups in total. The Balaban J connectivity index is 2.37. The highest BCUT2D eigenvalue weighted by Gasteiger charge is 2.29. The van der Waals surface area contributed by atoms with Gasteiger partial charge in [0.25, 0.3) is 0 Å². The van der Waals surface area contributed by atoms with Gasteiger partial charge in [0.05, 0.1) is 18.8 Å². The first-order chi connectivity index (χ1) is 6.29. The number of hydrogen-bond acceptors (Lipinski definition) is 3. The fourth-order valence-corrected chi connectivity index (χ4v) is 1.80. The van der Waals surface area contributed by atoms with Gasteiger partial charge in [-0.2, -0.15) is 0 Å². The van der Waals surface area contributed by atoms with Crippen LogP contribution < -0.4 is 0 Å². The first kappa shape index (κ1) is 11.0.